The molecule has 0 aliphatic carbocycles. The summed E-state index contributed by atoms with van der Waals surface area (Å²) < 4.78 is 23.0. The van der Waals surface area contributed by atoms with Gasteiger partial charge in [0.1, 0.15) is 0 Å². The van der Waals surface area contributed by atoms with Gasteiger partial charge in [0.05, 0.1) is 11.4 Å². The highest BCUT2D eigenvalue weighted by Gasteiger charge is 2.08. The summed E-state index contributed by atoms with van der Waals surface area (Å²) in [5.41, 5.74) is 2.29. The van der Waals surface area contributed by atoms with Crippen molar-refractivity contribution < 1.29 is 8.42 Å². The average molecular weight is 380 g/mol. The van der Waals surface area contributed by atoms with Crippen LogP contribution in [0.15, 0.2) is 51.0 Å². The Morgan fingerprint density at radius 3 is 2.48 bits per heavy atom. The lowest BCUT2D eigenvalue weighted by Gasteiger charge is -2.15. The highest BCUT2D eigenvalue weighted by Crippen LogP contribution is 2.17. The fourth-order valence-corrected chi connectivity index (χ4v) is 3.69. The first kappa shape index (κ1) is 19.5. The highest BCUT2D eigenvalue weighted by atomic mass is 32.2. The fourth-order valence-electron chi connectivity index (χ4n) is 2.28. The minimum atomic E-state index is -3.16. The van der Waals surface area contributed by atoms with E-state index in [1.807, 2.05) is 6.92 Å². The SMILES string of the molecule is CCNC(=NCc1ccc(S(C)(=O)=O)cc1)NCC(C)c1ccsc1. The summed E-state index contributed by atoms with van der Waals surface area (Å²) in [6.45, 7) is 6.29. The van der Waals surface area contributed by atoms with Crippen molar-refractivity contribution in [3.8, 4) is 0 Å². The van der Waals surface area contributed by atoms with Gasteiger partial charge in [0.25, 0.3) is 0 Å². The molecular formula is C18H25N3O2S2. The largest absolute Gasteiger partial charge is 0.357 e. The average Bonchev–Trinajstić information content (AvgIpc) is 3.11. The van der Waals surface area contributed by atoms with Gasteiger partial charge in [-0.3, -0.25) is 0 Å². The molecule has 2 N–H and O–H groups in total. The van der Waals surface area contributed by atoms with Crippen LogP contribution >= 0.6 is 11.3 Å². The lowest BCUT2D eigenvalue weighted by atomic mass is 10.1. The third-order valence-electron chi connectivity index (χ3n) is 3.80. The fraction of sp³-hybridized carbons (Fsp3) is 0.389. The molecule has 1 aromatic carbocycles. The Morgan fingerprint density at radius 1 is 1.20 bits per heavy atom. The molecule has 0 radical (unpaired) electrons. The van der Waals surface area contributed by atoms with Crippen LogP contribution in [0.5, 0.6) is 0 Å². The first-order chi connectivity index (χ1) is 11.9. The van der Waals surface area contributed by atoms with Crippen molar-refractivity contribution in [2.45, 2.75) is 31.2 Å². The van der Waals surface area contributed by atoms with Crippen molar-refractivity contribution in [1.82, 2.24) is 10.6 Å². The van der Waals surface area contributed by atoms with Gasteiger partial charge in [-0.1, -0.05) is 19.1 Å². The van der Waals surface area contributed by atoms with Crippen molar-refractivity contribution >= 4 is 27.1 Å². The molecule has 0 amide bonds. The monoisotopic (exact) mass is 379 g/mol. The molecule has 5 nitrogen and oxygen atoms in total. The summed E-state index contributed by atoms with van der Waals surface area (Å²) >= 11 is 1.71. The lowest BCUT2D eigenvalue weighted by Crippen LogP contribution is -2.39. The molecular weight excluding hydrogens is 354 g/mol. The summed E-state index contributed by atoms with van der Waals surface area (Å²) in [5, 5.41) is 10.9. The molecule has 2 rings (SSSR count). The molecule has 0 spiro atoms. The summed E-state index contributed by atoms with van der Waals surface area (Å²) in [4.78, 5) is 4.90. The number of rotatable bonds is 7. The van der Waals surface area contributed by atoms with Crippen molar-refractivity contribution in [3.05, 3.63) is 52.2 Å². The Labute approximate surface area is 154 Å². The van der Waals surface area contributed by atoms with Gasteiger partial charge in [-0.2, -0.15) is 11.3 Å². The van der Waals surface area contributed by atoms with E-state index in [2.05, 4.69) is 39.4 Å². The number of benzene rings is 1. The van der Waals surface area contributed by atoms with Crippen LogP contribution in [0, 0.1) is 0 Å². The number of nitrogens with zero attached hydrogens (tertiary/aromatic N) is 1. The van der Waals surface area contributed by atoms with E-state index in [1.165, 1.54) is 11.8 Å². The maximum atomic E-state index is 11.5. The van der Waals surface area contributed by atoms with Crippen LogP contribution in [0.25, 0.3) is 0 Å². The zero-order chi connectivity index (χ0) is 18.3. The molecule has 0 bridgehead atoms. The Kier molecular flexibility index (Phi) is 7.01. The van der Waals surface area contributed by atoms with E-state index in [9.17, 15) is 8.42 Å². The molecule has 1 unspecified atom stereocenters. The van der Waals surface area contributed by atoms with E-state index in [1.54, 1.807) is 35.6 Å². The predicted molar refractivity (Wildman–Crippen MR) is 105 cm³/mol. The number of thiophene rings is 1. The van der Waals surface area contributed by atoms with E-state index in [0.29, 0.717) is 17.4 Å². The molecule has 0 saturated carbocycles. The number of aliphatic imine (C=N–C) groups is 1. The third kappa shape index (κ3) is 6.17. The normalized spacial score (nSPS) is 13.5. The Hall–Kier alpha value is -1.86. The summed E-state index contributed by atoms with van der Waals surface area (Å²) in [7, 11) is -3.16. The molecule has 1 aromatic heterocycles. The third-order valence-corrected chi connectivity index (χ3v) is 5.63. The number of sulfone groups is 1. The number of hydrogen-bond donors (Lipinski definition) is 2. The van der Waals surface area contributed by atoms with E-state index in [-0.39, 0.29) is 0 Å². The van der Waals surface area contributed by atoms with Gasteiger partial charge in [-0.25, -0.2) is 13.4 Å². The van der Waals surface area contributed by atoms with E-state index in [0.717, 1.165) is 24.6 Å². The predicted octanol–water partition coefficient (Wildman–Crippen LogP) is 3.01. The second-order valence-electron chi connectivity index (χ2n) is 5.95. The Bertz CT molecular complexity index is 782. The Morgan fingerprint density at radius 2 is 1.92 bits per heavy atom. The van der Waals surface area contributed by atoms with Gasteiger partial charge in [-0.15, -0.1) is 0 Å². The van der Waals surface area contributed by atoms with Gasteiger partial charge >= 0.3 is 0 Å². The van der Waals surface area contributed by atoms with Crippen molar-refractivity contribution in [2.75, 3.05) is 19.3 Å². The minimum Gasteiger partial charge on any atom is -0.357 e. The summed E-state index contributed by atoms with van der Waals surface area (Å²) in [5.74, 6) is 1.17. The standard InChI is InChI=1S/C18H25N3O2S2/c1-4-19-18(20-11-14(2)16-9-10-24-13-16)21-12-15-5-7-17(8-6-15)25(3,22)23/h5-10,13-14H,4,11-12H2,1-3H3,(H2,19,20,21). The molecule has 0 aliphatic rings. The van der Waals surface area contributed by atoms with Crippen LogP contribution in [0.3, 0.4) is 0 Å². The van der Waals surface area contributed by atoms with E-state index in [4.69, 9.17) is 0 Å². The molecule has 25 heavy (non-hydrogen) atoms. The second kappa shape index (κ2) is 9.01. The van der Waals surface area contributed by atoms with Crippen molar-refractivity contribution in [3.63, 3.8) is 0 Å². The Balaban J connectivity index is 1.96. The number of hydrogen-bond acceptors (Lipinski definition) is 4. The second-order valence-corrected chi connectivity index (χ2v) is 8.75. The zero-order valence-corrected chi connectivity index (χ0v) is 16.5. The van der Waals surface area contributed by atoms with Crippen LogP contribution in [0.2, 0.25) is 0 Å². The molecule has 1 atom stereocenters. The molecule has 1 heterocycles. The van der Waals surface area contributed by atoms with Crippen molar-refractivity contribution in [2.24, 2.45) is 4.99 Å². The molecule has 136 valence electrons. The van der Waals surface area contributed by atoms with Gasteiger partial charge in [0.15, 0.2) is 15.8 Å². The van der Waals surface area contributed by atoms with Gasteiger partial charge < -0.3 is 10.6 Å². The van der Waals surface area contributed by atoms with Gasteiger partial charge in [0.2, 0.25) is 0 Å². The smallest absolute Gasteiger partial charge is 0.191 e. The lowest BCUT2D eigenvalue weighted by molar-refractivity contribution is 0.602. The van der Waals surface area contributed by atoms with Crippen LogP contribution in [0.4, 0.5) is 0 Å². The zero-order valence-electron chi connectivity index (χ0n) is 14.8. The van der Waals surface area contributed by atoms with Crippen LogP contribution in [-0.4, -0.2) is 33.7 Å². The van der Waals surface area contributed by atoms with Gasteiger partial charge in [-0.05, 0) is 52.9 Å². The first-order valence-corrected chi connectivity index (χ1v) is 11.1. The van der Waals surface area contributed by atoms with E-state index < -0.39 is 9.84 Å². The maximum absolute atomic E-state index is 11.5. The van der Waals surface area contributed by atoms with Gasteiger partial charge in [0, 0.05) is 19.3 Å². The summed E-state index contributed by atoms with van der Waals surface area (Å²) in [6, 6.07) is 9.00. The molecule has 7 heteroatoms. The quantitative estimate of drug-likeness (QED) is 0.573. The highest BCUT2D eigenvalue weighted by molar-refractivity contribution is 7.90. The first-order valence-electron chi connectivity index (χ1n) is 8.23. The molecule has 0 fully saturated rings. The van der Waals surface area contributed by atoms with Crippen LogP contribution in [-0.2, 0) is 16.4 Å². The van der Waals surface area contributed by atoms with E-state index >= 15 is 0 Å². The number of nitrogens with one attached hydrogen (secondary N) is 2. The van der Waals surface area contributed by atoms with Crippen LogP contribution < -0.4 is 10.6 Å². The maximum Gasteiger partial charge on any atom is 0.191 e. The molecule has 2 aromatic rings. The van der Waals surface area contributed by atoms with Crippen LogP contribution in [0.1, 0.15) is 30.9 Å². The summed E-state index contributed by atoms with van der Waals surface area (Å²) in [6.07, 6.45) is 1.21. The molecule has 0 saturated heterocycles. The number of guanidine groups is 1. The topological polar surface area (TPSA) is 70.6 Å². The van der Waals surface area contributed by atoms with Crippen molar-refractivity contribution in [1.29, 1.82) is 0 Å². The minimum absolute atomic E-state index is 0.329. The molecule has 0 aliphatic heterocycles.